The summed E-state index contributed by atoms with van der Waals surface area (Å²) in [5, 5.41) is 3.46. The maximum Gasteiger partial charge on any atom is 0.262 e. The summed E-state index contributed by atoms with van der Waals surface area (Å²) in [6, 6.07) is 0. The number of hydrogen-bond donors (Lipinski definition) is 1. The maximum atomic E-state index is 12.6. The SMILES string of the molecule is CCn1cc(S(=O)(=O)N2CCNC(C)(C)C2)nc1C. The molecule has 108 valence electrons. The molecule has 1 fully saturated rings. The molecule has 19 heavy (non-hydrogen) atoms. The number of hydrogen-bond acceptors (Lipinski definition) is 4. The van der Waals surface area contributed by atoms with E-state index in [1.165, 1.54) is 4.31 Å². The van der Waals surface area contributed by atoms with Crippen LogP contribution in [0.3, 0.4) is 0 Å². The van der Waals surface area contributed by atoms with Crippen LogP contribution in [0.5, 0.6) is 0 Å². The Morgan fingerprint density at radius 3 is 2.68 bits per heavy atom. The molecule has 0 aliphatic carbocycles. The van der Waals surface area contributed by atoms with Crippen LogP contribution in [0.15, 0.2) is 11.2 Å². The Morgan fingerprint density at radius 2 is 2.16 bits per heavy atom. The van der Waals surface area contributed by atoms with Crippen molar-refractivity contribution < 1.29 is 8.42 Å². The van der Waals surface area contributed by atoms with Gasteiger partial charge in [0.15, 0.2) is 5.03 Å². The standard InChI is InChI=1S/C12H22N4O2S/c1-5-15-8-11(14-10(15)2)19(17,18)16-7-6-13-12(3,4)9-16/h8,13H,5-7,9H2,1-4H3. The molecule has 2 rings (SSSR count). The molecule has 0 bridgehead atoms. The number of imidazole rings is 1. The fourth-order valence-corrected chi connectivity index (χ4v) is 3.95. The van der Waals surface area contributed by atoms with Gasteiger partial charge in [0, 0.05) is 37.9 Å². The van der Waals surface area contributed by atoms with Crippen LogP contribution in [0.4, 0.5) is 0 Å². The predicted octanol–water partition coefficient (Wildman–Crippen LogP) is 0.584. The molecule has 1 aromatic heterocycles. The molecular weight excluding hydrogens is 264 g/mol. The van der Waals surface area contributed by atoms with Crippen LogP contribution in [-0.4, -0.2) is 47.4 Å². The Bertz CT molecular complexity index is 562. The maximum absolute atomic E-state index is 12.6. The van der Waals surface area contributed by atoms with Crippen molar-refractivity contribution in [3.05, 3.63) is 12.0 Å². The highest BCUT2D eigenvalue weighted by Crippen LogP contribution is 2.20. The molecule has 0 atom stereocenters. The van der Waals surface area contributed by atoms with E-state index in [1.807, 2.05) is 32.3 Å². The summed E-state index contributed by atoms with van der Waals surface area (Å²) in [6.07, 6.45) is 1.62. The summed E-state index contributed by atoms with van der Waals surface area (Å²) in [5.74, 6) is 0.732. The van der Waals surface area contributed by atoms with Crippen molar-refractivity contribution in [3.8, 4) is 0 Å². The Hall–Kier alpha value is -0.920. The van der Waals surface area contributed by atoms with Gasteiger partial charge >= 0.3 is 0 Å². The summed E-state index contributed by atoms with van der Waals surface area (Å²) in [7, 11) is -3.48. The van der Waals surface area contributed by atoms with Gasteiger partial charge in [0.1, 0.15) is 5.82 Å². The van der Waals surface area contributed by atoms with E-state index in [2.05, 4.69) is 10.3 Å². The van der Waals surface area contributed by atoms with E-state index in [0.717, 1.165) is 12.4 Å². The van der Waals surface area contributed by atoms with Crippen LogP contribution >= 0.6 is 0 Å². The van der Waals surface area contributed by atoms with Gasteiger partial charge in [-0.2, -0.15) is 4.31 Å². The Morgan fingerprint density at radius 1 is 1.47 bits per heavy atom. The van der Waals surface area contributed by atoms with E-state index in [0.29, 0.717) is 19.6 Å². The lowest BCUT2D eigenvalue weighted by atomic mass is 10.0. The van der Waals surface area contributed by atoms with Gasteiger partial charge in [-0.3, -0.25) is 0 Å². The first kappa shape index (κ1) is 14.5. The second-order valence-electron chi connectivity index (χ2n) is 5.56. The van der Waals surface area contributed by atoms with Crippen molar-refractivity contribution in [2.45, 2.75) is 44.8 Å². The normalized spacial score (nSPS) is 20.6. The zero-order valence-corrected chi connectivity index (χ0v) is 12.8. The fraction of sp³-hybridized carbons (Fsp3) is 0.750. The minimum Gasteiger partial charge on any atom is -0.334 e. The van der Waals surface area contributed by atoms with Gasteiger partial charge in [-0.25, -0.2) is 13.4 Å². The van der Waals surface area contributed by atoms with Gasteiger partial charge in [-0.05, 0) is 27.7 Å². The largest absolute Gasteiger partial charge is 0.334 e. The van der Waals surface area contributed by atoms with Crippen LogP contribution in [0.1, 0.15) is 26.6 Å². The highest BCUT2D eigenvalue weighted by Gasteiger charge is 2.35. The molecule has 0 amide bonds. The molecule has 0 aromatic carbocycles. The topological polar surface area (TPSA) is 67.2 Å². The van der Waals surface area contributed by atoms with Crippen molar-refractivity contribution in [3.63, 3.8) is 0 Å². The number of rotatable bonds is 3. The van der Waals surface area contributed by atoms with Crippen LogP contribution < -0.4 is 5.32 Å². The van der Waals surface area contributed by atoms with Crippen molar-refractivity contribution in [2.75, 3.05) is 19.6 Å². The highest BCUT2D eigenvalue weighted by molar-refractivity contribution is 7.89. The first-order chi connectivity index (χ1) is 8.76. The molecule has 6 nitrogen and oxygen atoms in total. The molecule has 0 radical (unpaired) electrons. The highest BCUT2D eigenvalue weighted by atomic mass is 32.2. The van der Waals surface area contributed by atoms with Gasteiger partial charge in [0.05, 0.1) is 0 Å². The zero-order chi connectivity index (χ0) is 14.3. The van der Waals surface area contributed by atoms with Gasteiger partial charge in [-0.15, -0.1) is 0 Å². The second-order valence-corrected chi connectivity index (χ2v) is 7.45. The quantitative estimate of drug-likeness (QED) is 0.883. The zero-order valence-electron chi connectivity index (χ0n) is 12.0. The van der Waals surface area contributed by atoms with E-state index in [1.54, 1.807) is 6.20 Å². The van der Waals surface area contributed by atoms with Crippen LogP contribution in [0.25, 0.3) is 0 Å². The van der Waals surface area contributed by atoms with E-state index in [-0.39, 0.29) is 10.6 Å². The minimum atomic E-state index is -3.48. The molecule has 7 heteroatoms. The minimum absolute atomic E-state index is 0.157. The van der Waals surface area contributed by atoms with Gasteiger partial charge in [-0.1, -0.05) is 0 Å². The number of nitrogens with zero attached hydrogens (tertiary/aromatic N) is 3. The molecule has 0 spiro atoms. The second kappa shape index (κ2) is 4.88. The Kier molecular flexibility index (Phi) is 3.72. The van der Waals surface area contributed by atoms with E-state index in [9.17, 15) is 8.42 Å². The first-order valence-corrected chi connectivity index (χ1v) is 7.99. The van der Waals surface area contributed by atoms with Crippen LogP contribution in [0.2, 0.25) is 0 Å². The van der Waals surface area contributed by atoms with E-state index < -0.39 is 10.0 Å². The number of aromatic nitrogens is 2. The molecule has 1 aliphatic heterocycles. The van der Waals surface area contributed by atoms with Gasteiger partial charge in [0.2, 0.25) is 0 Å². The summed E-state index contributed by atoms with van der Waals surface area (Å²) >= 11 is 0. The molecule has 0 unspecified atom stereocenters. The average Bonchev–Trinajstić information content (AvgIpc) is 2.70. The molecule has 1 saturated heterocycles. The Balaban J connectivity index is 2.31. The number of aryl methyl sites for hydroxylation is 2. The third kappa shape index (κ3) is 2.82. The third-order valence-corrected chi connectivity index (χ3v) is 5.15. The lowest BCUT2D eigenvalue weighted by Crippen LogP contribution is -2.58. The van der Waals surface area contributed by atoms with Crippen LogP contribution in [-0.2, 0) is 16.6 Å². The van der Waals surface area contributed by atoms with Crippen molar-refractivity contribution in [1.29, 1.82) is 0 Å². The predicted molar refractivity (Wildman–Crippen MR) is 73.5 cm³/mol. The van der Waals surface area contributed by atoms with E-state index in [4.69, 9.17) is 0 Å². The lowest BCUT2D eigenvalue weighted by molar-refractivity contribution is 0.233. The lowest BCUT2D eigenvalue weighted by Gasteiger charge is -2.37. The number of sulfonamides is 1. The van der Waals surface area contributed by atoms with Crippen LogP contribution in [0, 0.1) is 6.92 Å². The summed E-state index contributed by atoms with van der Waals surface area (Å²) in [6.45, 7) is 10.1. The molecule has 1 aliphatic rings. The number of piperazine rings is 1. The Labute approximate surface area is 114 Å². The van der Waals surface area contributed by atoms with Crippen molar-refractivity contribution >= 4 is 10.0 Å². The first-order valence-electron chi connectivity index (χ1n) is 6.55. The monoisotopic (exact) mass is 286 g/mol. The summed E-state index contributed by atoms with van der Waals surface area (Å²) in [5.41, 5.74) is -0.201. The smallest absolute Gasteiger partial charge is 0.262 e. The molecule has 0 saturated carbocycles. The molecular formula is C12H22N4O2S. The summed E-state index contributed by atoms with van der Waals surface area (Å²) in [4.78, 5) is 4.19. The van der Waals surface area contributed by atoms with Gasteiger partial charge in [0.25, 0.3) is 10.0 Å². The van der Waals surface area contributed by atoms with E-state index >= 15 is 0 Å². The molecule has 2 heterocycles. The van der Waals surface area contributed by atoms with Gasteiger partial charge < -0.3 is 9.88 Å². The average molecular weight is 286 g/mol. The molecule has 1 aromatic rings. The summed E-state index contributed by atoms with van der Waals surface area (Å²) < 4.78 is 28.5. The fourth-order valence-electron chi connectivity index (χ4n) is 2.36. The van der Waals surface area contributed by atoms with Crippen molar-refractivity contribution in [2.24, 2.45) is 0 Å². The third-order valence-electron chi connectivity index (χ3n) is 3.44. The molecule has 1 N–H and O–H groups in total. The number of nitrogens with one attached hydrogen (secondary N) is 1. The van der Waals surface area contributed by atoms with Crippen molar-refractivity contribution in [1.82, 2.24) is 19.2 Å².